The van der Waals surface area contributed by atoms with Crippen LogP contribution in [0.1, 0.15) is 49.3 Å². The molecule has 78 valence electrons. The molecule has 0 saturated heterocycles. The second-order valence-corrected chi connectivity index (χ2v) is 4.21. The first-order chi connectivity index (χ1) is 6.56. The van der Waals surface area contributed by atoms with E-state index in [-0.39, 0.29) is 0 Å². The summed E-state index contributed by atoms with van der Waals surface area (Å²) < 4.78 is 0. The van der Waals surface area contributed by atoms with E-state index in [1.807, 2.05) is 13.0 Å². The molecule has 1 unspecified atom stereocenters. The highest BCUT2D eigenvalue weighted by Gasteiger charge is 2.11. The first kappa shape index (κ1) is 11.1. The van der Waals surface area contributed by atoms with Gasteiger partial charge >= 0.3 is 0 Å². The second kappa shape index (κ2) is 4.50. The zero-order chi connectivity index (χ0) is 10.7. The minimum atomic E-state index is 0.457. The third-order valence-corrected chi connectivity index (χ3v) is 2.73. The minimum Gasteiger partial charge on any atom is -0.507 e. The SMILES string of the molecule is CCCC(C)c1cc(C)cc(C)c1O. The van der Waals surface area contributed by atoms with Crippen LogP contribution in [0, 0.1) is 13.8 Å². The number of aromatic hydroxyl groups is 1. The molecular weight excluding hydrogens is 172 g/mol. The topological polar surface area (TPSA) is 20.2 Å². The Morgan fingerprint density at radius 2 is 1.93 bits per heavy atom. The number of hydrogen-bond donors (Lipinski definition) is 1. The van der Waals surface area contributed by atoms with E-state index in [4.69, 9.17) is 0 Å². The van der Waals surface area contributed by atoms with Gasteiger partial charge in [-0.05, 0) is 37.3 Å². The van der Waals surface area contributed by atoms with E-state index in [2.05, 4.69) is 26.8 Å². The monoisotopic (exact) mass is 192 g/mol. The van der Waals surface area contributed by atoms with Crippen molar-refractivity contribution in [3.8, 4) is 5.75 Å². The van der Waals surface area contributed by atoms with Crippen LogP contribution in [0.4, 0.5) is 0 Å². The first-order valence-electron chi connectivity index (χ1n) is 5.36. The predicted octanol–water partition coefficient (Wildman–Crippen LogP) is 3.91. The molecule has 0 radical (unpaired) electrons. The predicted molar refractivity (Wildman–Crippen MR) is 60.9 cm³/mol. The van der Waals surface area contributed by atoms with E-state index >= 15 is 0 Å². The third-order valence-electron chi connectivity index (χ3n) is 2.73. The van der Waals surface area contributed by atoms with Crippen molar-refractivity contribution in [1.82, 2.24) is 0 Å². The van der Waals surface area contributed by atoms with Gasteiger partial charge in [0.15, 0.2) is 0 Å². The highest BCUT2D eigenvalue weighted by atomic mass is 16.3. The molecule has 0 saturated carbocycles. The molecule has 0 aliphatic carbocycles. The maximum Gasteiger partial charge on any atom is 0.121 e. The van der Waals surface area contributed by atoms with Gasteiger partial charge < -0.3 is 5.11 Å². The number of aryl methyl sites for hydroxylation is 2. The van der Waals surface area contributed by atoms with Crippen molar-refractivity contribution in [1.29, 1.82) is 0 Å². The number of phenols is 1. The molecule has 0 aromatic heterocycles. The van der Waals surface area contributed by atoms with Gasteiger partial charge in [0, 0.05) is 0 Å². The molecule has 1 N–H and O–H groups in total. The van der Waals surface area contributed by atoms with E-state index in [0.717, 1.165) is 24.0 Å². The zero-order valence-corrected chi connectivity index (χ0v) is 9.59. The van der Waals surface area contributed by atoms with Crippen molar-refractivity contribution in [2.24, 2.45) is 0 Å². The van der Waals surface area contributed by atoms with Gasteiger partial charge in [-0.2, -0.15) is 0 Å². The molecule has 0 heterocycles. The summed E-state index contributed by atoms with van der Waals surface area (Å²) >= 11 is 0. The Hall–Kier alpha value is -0.980. The molecule has 0 amide bonds. The number of benzene rings is 1. The van der Waals surface area contributed by atoms with E-state index in [1.54, 1.807) is 0 Å². The quantitative estimate of drug-likeness (QED) is 0.769. The van der Waals surface area contributed by atoms with Gasteiger partial charge in [0.25, 0.3) is 0 Å². The average Bonchev–Trinajstić information content (AvgIpc) is 2.11. The van der Waals surface area contributed by atoms with Crippen molar-refractivity contribution in [2.75, 3.05) is 0 Å². The summed E-state index contributed by atoms with van der Waals surface area (Å²) in [4.78, 5) is 0. The average molecular weight is 192 g/mol. The van der Waals surface area contributed by atoms with Crippen LogP contribution in [-0.2, 0) is 0 Å². The summed E-state index contributed by atoms with van der Waals surface area (Å²) in [6.07, 6.45) is 2.30. The summed E-state index contributed by atoms with van der Waals surface area (Å²) in [6.45, 7) is 8.40. The molecule has 0 aliphatic heterocycles. The van der Waals surface area contributed by atoms with Crippen molar-refractivity contribution >= 4 is 0 Å². The summed E-state index contributed by atoms with van der Waals surface area (Å²) in [5, 5.41) is 9.92. The van der Waals surface area contributed by atoms with Gasteiger partial charge in [0.1, 0.15) is 5.75 Å². The number of rotatable bonds is 3. The second-order valence-electron chi connectivity index (χ2n) is 4.21. The highest BCUT2D eigenvalue weighted by molar-refractivity contribution is 5.44. The van der Waals surface area contributed by atoms with E-state index in [9.17, 15) is 5.11 Å². The molecule has 1 rings (SSSR count). The van der Waals surface area contributed by atoms with Crippen LogP contribution in [0.15, 0.2) is 12.1 Å². The van der Waals surface area contributed by atoms with E-state index in [1.165, 1.54) is 5.56 Å². The lowest BCUT2D eigenvalue weighted by molar-refractivity contribution is 0.456. The van der Waals surface area contributed by atoms with Gasteiger partial charge in [0.05, 0.1) is 0 Å². The summed E-state index contributed by atoms with van der Waals surface area (Å²) in [5.74, 6) is 0.940. The van der Waals surface area contributed by atoms with Crippen LogP contribution in [-0.4, -0.2) is 5.11 Å². The Morgan fingerprint density at radius 3 is 2.50 bits per heavy atom. The molecule has 1 aromatic carbocycles. The smallest absolute Gasteiger partial charge is 0.121 e. The molecule has 0 aliphatic rings. The van der Waals surface area contributed by atoms with Gasteiger partial charge in [-0.15, -0.1) is 0 Å². The first-order valence-corrected chi connectivity index (χ1v) is 5.36. The van der Waals surface area contributed by atoms with Crippen LogP contribution >= 0.6 is 0 Å². The summed E-state index contributed by atoms with van der Waals surface area (Å²) in [5.41, 5.74) is 3.32. The Morgan fingerprint density at radius 1 is 1.29 bits per heavy atom. The molecule has 0 bridgehead atoms. The highest BCUT2D eigenvalue weighted by Crippen LogP contribution is 2.32. The van der Waals surface area contributed by atoms with Gasteiger partial charge in [0.2, 0.25) is 0 Å². The molecule has 1 aromatic rings. The van der Waals surface area contributed by atoms with Crippen molar-refractivity contribution in [3.63, 3.8) is 0 Å². The molecule has 0 spiro atoms. The van der Waals surface area contributed by atoms with E-state index in [0.29, 0.717) is 11.7 Å². The molecule has 1 atom stereocenters. The third kappa shape index (κ3) is 2.28. The van der Waals surface area contributed by atoms with Crippen molar-refractivity contribution in [3.05, 3.63) is 28.8 Å². The Labute approximate surface area is 86.8 Å². The molecular formula is C13H20O. The summed E-state index contributed by atoms with van der Waals surface area (Å²) in [7, 11) is 0. The fraction of sp³-hybridized carbons (Fsp3) is 0.538. The molecule has 0 fully saturated rings. The van der Waals surface area contributed by atoms with Crippen LogP contribution in [0.5, 0.6) is 5.75 Å². The Balaban J connectivity index is 3.07. The Kier molecular flexibility index (Phi) is 3.56. The maximum atomic E-state index is 9.92. The normalized spacial score (nSPS) is 12.9. The largest absolute Gasteiger partial charge is 0.507 e. The minimum absolute atomic E-state index is 0.457. The van der Waals surface area contributed by atoms with Crippen LogP contribution in [0.2, 0.25) is 0 Å². The molecule has 14 heavy (non-hydrogen) atoms. The maximum absolute atomic E-state index is 9.92. The lowest BCUT2D eigenvalue weighted by atomic mass is 9.92. The van der Waals surface area contributed by atoms with Crippen molar-refractivity contribution < 1.29 is 5.11 Å². The van der Waals surface area contributed by atoms with Crippen LogP contribution < -0.4 is 0 Å². The fourth-order valence-corrected chi connectivity index (χ4v) is 1.96. The van der Waals surface area contributed by atoms with E-state index < -0.39 is 0 Å². The molecule has 1 heteroatoms. The lowest BCUT2D eigenvalue weighted by Gasteiger charge is -2.15. The van der Waals surface area contributed by atoms with Gasteiger partial charge in [-0.25, -0.2) is 0 Å². The zero-order valence-electron chi connectivity index (χ0n) is 9.59. The van der Waals surface area contributed by atoms with Crippen LogP contribution in [0.25, 0.3) is 0 Å². The fourth-order valence-electron chi connectivity index (χ4n) is 1.96. The number of hydrogen-bond acceptors (Lipinski definition) is 1. The van der Waals surface area contributed by atoms with Gasteiger partial charge in [-0.3, -0.25) is 0 Å². The molecule has 1 nitrogen and oxygen atoms in total. The standard InChI is InChI=1S/C13H20O/c1-5-6-10(3)12-8-9(2)7-11(4)13(12)14/h7-8,10,14H,5-6H2,1-4H3. The Bertz CT molecular complexity index is 315. The number of phenolic OH excluding ortho intramolecular Hbond substituents is 1. The van der Waals surface area contributed by atoms with Crippen LogP contribution in [0.3, 0.4) is 0 Å². The van der Waals surface area contributed by atoms with Gasteiger partial charge in [-0.1, -0.05) is 38.0 Å². The lowest BCUT2D eigenvalue weighted by Crippen LogP contribution is -1.96. The summed E-state index contributed by atoms with van der Waals surface area (Å²) in [6, 6.07) is 4.13. The van der Waals surface area contributed by atoms with Crippen molar-refractivity contribution in [2.45, 2.75) is 46.5 Å².